The van der Waals surface area contributed by atoms with Crippen LogP contribution in [0.25, 0.3) is 0 Å². The molecule has 1 atom stereocenters. The molecule has 0 saturated carbocycles. The predicted molar refractivity (Wildman–Crippen MR) is 72.5 cm³/mol. The lowest BCUT2D eigenvalue weighted by Gasteiger charge is -2.12. The fourth-order valence-corrected chi connectivity index (χ4v) is 2.81. The van der Waals surface area contributed by atoms with Gasteiger partial charge in [0.25, 0.3) is 0 Å². The zero-order valence-electron chi connectivity index (χ0n) is 10.9. The molecule has 6 nitrogen and oxygen atoms in total. The zero-order chi connectivity index (χ0) is 14.6. The average Bonchev–Trinajstić information content (AvgIpc) is 2.35. The van der Waals surface area contributed by atoms with Crippen molar-refractivity contribution in [3.8, 4) is 0 Å². The first kappa shape index (κ1) is 15.5. The Hall–Kier alpha value is -1.60. The van der Waals surface area contributed by atoms with Crippen LogP contribution in [0.4, 0.5) is 5.69 Å². The molecule has 0 fully saturated rings. The summed E-state index contributed by atoms with van der Waals surface area (Å²) in [7, 11) is -3.87. The number of carbonyl (C=O) groups is 1. The molecule has 0 aliphatic heterocycles. The molecular weight excluding hydrogens is 268 g/mol. The minimum Gasteiger partial charge on any atom is -0.478 e. The number of nitrogens with one attached hydrogen (secondary N) is 1. The summed E-state index contributed by atoms with van der Waals surface area (Å²) in [5, 5.41) is 9.01. The smallest absolute Gasteiger partial charge is 0.337 e. The van der Waals surface area contributed by atoms with E-state index in [0.29, 0.717) is 0 Å². The maximum absolute atomic E-state index is 12.1. The third-order valence-corrected chi connectivity index (χ3v) is 4.31. The highest BCUT2D eigenvalue weighted by atomic mass is 32.2. The van der Waals surface area contributed by atoms with E-state index in [1.807, 2.05) is 13.8 Å². The maximum Gasteiger partial charge on any atom is 0.337 e. The van der Waals surface area contributed by atoms with Gasteiger partial charge in [0.2, 0.25) is 10.0 Å². The molecule has 1 unspecified atom stereocenters. The molecule has 1 aromatic carbocycles. The van der Waals surface area contributed by atoms with Crippen LogP contribution in [0.3, 0.4) is 0 Å². The van der Waals surface area contributed by atoms with Crippen LogP contribution in [0.15, 0.2) is 23.1 Å². The number of rotatable bonds is 6. The van der Waals surface area contributed by atoms with E-state index in [-0.39, 0.29) is 28.6 Å². The monoisotopic (exact) mass is 286 g/mol. The molecule has 1 rings (SSSR count). The van der Waals surface area contributed by atoms with Crippen LogP contribution < -0.4 is 10.5 Å². The van der Waals surface area contributed by atoms with Crippen molar-refractivity contribution in [3.05, 3.63) is 23.8 Å². The van der Waals surface area contributed by atoms with Gasteiger partial charge in [0.15, 0.2) is 0 Å². The fraction of sp³-hybridized carbons (Fsp3) is 0.417. The van der Waals surface area contributed by atoms with Crippen LogP contribution in [0, 0.1) is 5.92 Å². The molecule has 0 amide bonds. The van der Waals surface area contributed by atoms with Gasteiger partial charge in [-0.15, -0.1) is 0 Å². The Morgan fingerprint density at radius 3 is 2.63 bits per heavy atom. The lowest BCUT2D eigenvalue weighted by Crippen LogP contribution is -2.29. The van der Waals surface area contributed by atoms with E-state index >= 15 is 0 Å². The third kappa shape index (κ3) is 3.93. The summed E-state index contributed by atoms with van der Waals surface area (Å²) >= 11 is 0. The summed E-state index contributed by atoms with van der Waals surface area (Å²) in [6.45, 7) is 4.11. The van der Waals surface area contributed by atoms with Gasteiger partial charge in [0, 0.05) is 12.2 Å². The van der Waals surface area contributed by atoms with E-state index in [1.54, 1.807) is 0 Å². The van der Waals surface area contributed by atoms with Gasteiger partial charge in [-0.2, -0.15) is 0 Å². The van der Waals surface area contributed by atoms with Crippen LogP contribution in [0.5, 0.6) is 0 Å². The first-order chi connectivity index (χ1) is 8.77. The van der Waals surface area contributed by atoms with Crippen LogP contribution in [0.2, 0.25) is 0 Å². The van der Waals surface area contributed by atoms with Gasteiger partial charge in [-0.25, -0.2) is 17.9 Å². The lowest BCUT2D eigenvalue weighted by atomic mass is 10.1. The van der Waals surface area contributed by atoms with Gasteiger partial charge in [-0.05, 0) is 24.1 Å². The first-order valence-electron chi connectivity index (χ1n) is 5.90. The second kappa shape index (κ2) is 6.03. The van der Waals surface area contributed by atoms with Crippen molar-refractivity contribution in [3.63, 3.8) is 0 Å². The van der Waals surface area contributed by atoms with Gasteiger partial charge < -0.3 is 10.8 Å². The largest absolute Gasteiger partial charge is 0.478 e. The lowest BCUT2D eigenvalue weighted by molar-refractivity contribution is 0.0692. The number of carboxylic acid groups (broad SMARTS) is 1. The summed E-state index contributed by atoms with van der Waals surface area (Å²) in [6, 6.07) is 3.70. The topological polar surface area (TPSA) is 109 Å². The number of nitrogens with two attached hydrogens (primary N) is 1. The summed E-state index contributed by atoms with van der Waals surface area (Å²) in [5.74, 6) is -1.13. The Kier molecular flexibility index (Phi) is 4.90. The van der Waals surface area contributed by atoms with Gasteiger partial charge in [0.05, 0.1) is 10.5 Å². The Labute approximate surface area is 112 Å². The number of nitrogen functional groups attached to an aromatic ring is 1. The number of sulfonamides is 1. The van der Waals surface area contributed by atoms with E-state index in [0.717, 1.165) is 12.5 Å². The van der Waals surface area contributed by atoms with Gasteiger partial charge in [0.1, 0.15) is 0 Å². The fourth-order valence-electron chi connectivity index (χ4n) is 1.41. The molecule has 1 aromatic rings. The minimum absolute atomic E-state index is 0.170. The van der Waals surface area contributed by atoms with E-state index in [2.05, 4.69) is 4.72 Å². The molecule has 0 saturated heterocycles. The highest BCUT2D eigenvalue weighted by molar-refractivity contribution is 7.89. The molecule has 0 heterocycles. The van der Waals surface area contributed by atoms with Crippen LogP contribution in [-0.4, -0.2) is 26.0 Å². The van der Waals surface area contributed by atoms with Gasteiger partial charge in [-0.1, -0.05) is 20.3 Å². The van der Waals surface area contributed by atoms with Crippen LogP contribution in [0.1, 0.15) is 30.6 Å². The van der Waals surface area contributed by atoms with Crippen LogP contribution >= 0.6 is 0 Å². The number of anilines is 1. The Bertz CT molecular complexity index is 569. The predicted octanol–water partition coefficient (Wildman–Crippen LogP) is 1.29. The quantitative estimate of drug-likeness (QED) is 0.683. The van der Waals surface area contributed by atoms with Crippen molar-refractivity contribution in [2.24, 2.45) is 5.92 Å². The molecule has 0 spiro atoms. The molecule has 106 valence electrons. The number of benzene rings is 1. The third-order valence-electron chi connectivity index (χ3n) is 2.84. The van der Waals surface area contributed by atoms with Crippen LogP contribution in [-0.2, 0) is 10.0 Å². The van der Waals surface area contributed by atoms with Crippen molar-refractivity contribution < 1.29 is 18.3 Å². The molecule has 0 aliphatic carbocycles. The summed E-state index contributed by atoms with van der Waals surface area (Å²) < 4.78 is 26.6. The molecule has 0 aliphatic rings. The van der Waals surface area contributed by atoms with Crippen molar-refractivity contribution in [1.82, 2.24) is 4.72 Å². The summed E-state index contributed by atoms with van der Waals surface area (Å²) in [6.07, 6.45) is 0.825. The number of aromatic carboxylic acids is 1. The average molecular weight is 286 g/mol. The standard InChI is InChI=1S/C12H18N2O4S/c1-3-8(2)7-14-19(17,18)11-6-9(13)4-5-10(11)12(15)16/h4-6,8,14H,3,7,13H2,1-2H3,(H,15,16). The SMILES string of the molecule is CCC(C)CNS(=O)(=O)c1cc(N)ccc1C(=O)O. The van der Waals surface area contributed by atoms with Gasteiger partial charge in [-0.3, -0.25) is 0 Å². The van der Waals surface area contributed by atoms with E-state index in [1.165, 1.54) is 12.1 Å². The normalized spacial score (nSPS) is 13.2. The molecule has 0 aromatic heterocycles. The van der Waals surface area contributed by atoms with E-state index in [9.17, 15) is 13.2 Å². The molecule has 4 N–H and O–H groups in total. The van der Waals surface area contributed by atoms with Crippen molar-refractivity contribution in [2.45, 2.75) is 25.2 Å². The maximum atomic E-state index is 12.1. The zero-order valence-corrected chi connectivity index (χ0v) is 11.7. The molecule has 0 radical (unpaired) electrons. The van der Waals surface area contributed by atoms with E-state index in [4.69, 9.17) is 10.8 Å². The highest BCUT2D eigenvalue weighted by Crippen LogP contribution is 2.19. The minimum atomic E-state index is -3.87. The Morgan fingerprint density at radius 2 is 2.11 bits per heavy atom. The van der Waals surface area contributed by atoms with Crippen molar-refractivity contribution in [2.75, 3.05) is 12.3 Å². The summed E-state index contributed by atoms with van der Waals surface area (Å²) in [4.78, 5) is 10.7. The molecule has 7 heteroatoms. The molecular formula is C12H18N2O4S. The summed E-state index contributed by atoms with van der Waals surface area (Å²) in [5.41, 5.74) is 5.44. The van der Waals surface area contributed by atoms with Gasteiger partial charge >= 0.3 is 5.97 Å². The highest BCUT2D eigenvalue weighted by Gasteiger charge is 2.22. The second-order valence-corrected chi connectivity index (χ2v) is 6.16. The molecule has 19 heavy (non-hydrogen) atoms. The number of hydrogen-bond donors (Lipinski definition) is 3. The van der Waals surface area contributed by atoms with Crippen molar-refractivity contribution in [1.29, 1.82) is 0 Å². The number of carboxylic acids is 1. The van der Waals surface area contributed by atoms with Crippen molar-refractivity contribution >= 4 is 21.7 Å². The molecule has 0 bridgehead atoms. The van der Waals surface area contributed by atoms with E-state index < -0.39 is 16.0 Å². The number of hydrogen-bond acceptors (Lipinski definition) is 4. The Morgan fingerprint density at radius 1 is 1.47 bits per heavy atom. The second-order valence-electron chi connectivity index (χ2n) is 4.43. The Balaban J connectivity index is 3.13. The first-order valence-corrected chi connectivity index (χ1v) is 7.38.